The van der Waals surface area contributed by atoms with Gasteiger partial charge in [-0.05, 0) is 72.0 Å². The average Bonchev–Trinajstić information content (AvgIpc) is 3.24. The Bertz CT molecular complexity index is 1430. The Balaban J connectivity index is 0.00000320. The number of aromatic nitrogens is 1. The van der Waals surface area contributed by atoms with Crippen molar-refractivity contribution in [3.05, 3.63) is 94.7 Å². The number of ketones is 1. The van der Waals surface area contributed by atoms with E-state index in [1.165, 1.54) is 42.5 Å². The number of hydrogen-bond donors (Lipinski definition) is 2. The summed E-state index contributed by atoms with van der Waals surface area (Å²) in [5.74, 6) is -0.902. The number of benzene rings is 3. The van der Waals surface area contributed by atoms with Gasteiger partial charge in [-0.15, -0.1) is 12.4 Å². The van der Waals surface area contributed by atoms with Crippen LogP contribution >= 0.6 is 12.4 Å². The molecule has 0 aliphatic carbocycles. The van der Waals surface area contributed by atoms with Gasteiger partial charge < -0.3 is 10.3 Å². The van der Waals surface area contributed by atoms with Crippen LogP contribution in [0.3, 0.4) is 0 Å². The first-order valence-electron chi connectivity index (χ1n) is 11.7. The maximum atomic E-state index is 14.7. The van der Waals surface area contributed by atoms with Gasteiger partial charge in [0, 0.05) is 42.1 Å². The summed E-state index contributed by atoms with van der Waals surface area (Å²) in [6, 6.07) is 13.4. The lowest BCUT2D eigenvalue weighted by Crippen LogP contribution is -2.35. The number of Topliss-reactive ketones (excluding diaryl/α,β-unsaturated/α-hetero) is 1. The monoisotopic (exact) mass is 534 g/mol. The van der Waals surface area contributed by atoms with Gasteiger partial charge in [0.05, 0.1) is 11.1 Å². The highest BCUT2D eigenvalue weighted by Crippen LogP contribution is 2.38. The van der Waals surface area contributed by atoms with Crippen molar-refractivity contribution in [2.45, 2.75) is 44.4 Å². The lowest BCUT2D eigenvalue weighted by molar-refractivity contribution is -0.137. The lowest BCUT2D eigenvalue weighted by Gasteiger charge is -2.24. The summed E-state index contributed by atoms with van der Waals surface area (Å²) in [4.78, 5) is 15.5. The molecule has 1 aliphatic rings. The third kappa shape index (κ3) is 5.55. The van der Waals surface area contributed by atoms with Gasteiger partial charge in [-0.1, -0.05) is 18.2 Å². The van der Waals surface area contributed by atoms with E-state index in [4.69, 9.17) is 0 Å². The minimum Gasteiger partial charge on any atom is -0.356 e. The average molecular weight is 535 g/mol. The highest BCUT2D eigenvalue weighted by atomic mass is 35.5. The molecule has 0 radical (unpaired) electrons. The summed E-state index contributed by atoms with van der Waals surface area (Å²) in [6.07, 6.45) is -2.22. The number of carbonyl (C=O) groups is 1. The smallest absolute Gasteiger partial charge is 0.356 e. The Hall–Kier alpha value is -3.23. The number of nitrogens with one attached hydrogen (secondary N) is 2. The molecule has 4 aromatic rings. The van der Waals surface area contributed by atoms with Crippen molar-refractivity contribution in [2.24, 2.45) is 0 Å². The highest BCUT2D eigenvalue weighted by Gasteiger charge is 2.31. The molecule has 3 aromatic carbocycles. The number of aromatic amines is 1. The van der Waals surface area contributed by atoms with E-state index in [9.17, 15) is 26.7 Å². The van der Waals surface area contributed by atoms with Crippen molar-refractivity contribution >= 4 is 29.1 Å². The van der Waals surface area contributed by atoms with E-state index in [0.717, 1.165) is 23.4 Å². The summed E-state index contributed by atoms with van der Waals surface area (Å²) in [5, 5.41) is 4.01. The Morgan fingerprint density at radius 1 is 1.00 bits per heavy atom. The quantitative estimate of drug-likeness (QED) is 0.197. The maximum Gasteiger partial charge on any atom is 0.416 e. The van der Waals surface area contributed by atoms with Crippen molar-refractivity contribution in [3.63, 3.8) is 0 Å². The van der Waals surface area contributed by atoms with Crippen molar-refractivity contribution in [1.82, 2.24) is 10.3 Å². The van der Waals surface area contributed by atoms with Crippen LogP contribution in [-0.2, 0) is 19.1 Å². The van der Waals surface area contributed by atoms with Crippen LogP contribution in [0.1, 0.15) is 46.4 Å². The first-order chi connectivity index (χ1) is 17.2. The minimum atomic E-state index is -4.47. The molecule has 0 spiro atoms. The Morgan fingerprint density at radius 2 is 1.76 bits per heavy atom. The van der Waals surface area contributed by atoms with Crippen LogP contribution in [0.15, 0.2) is 60.7 Å². The number of carbonyl (C=O) groups excluding carboxylic acids is 1. The van der Waals surface area contributed by atoms with Gasteiger partial charge in [-0.25, -0.2) is 8.78 Å². The van der Waals surface area contributed by atoms with Crippen LogP contribution in [0, 0.1) is 11.6 Å². The predicted molar refractivity (Wildman–Crippen MR) is 135 cm³/mol. The number of H-pyrrole nitrogens is 1. The molecule has 3 nitrogen and oxygen atoms in total. The van der Waals surface area contributed by atoms with Gasteiger partial charge in [-0.2, -0.15) is 13.2 Å². The van der Waals surface area contributed by atoms with Crippen LogP contribution in [-0.4, -0.2) is 16.8 Å². The van der Waals surface area contributed by atoms with Crippen molar-refractivity contribution in [2.75, 3.05) is 0 Å². The molecular weight excluding hydrogens is 511 g/mol. The van der Waals surface area contributed by atoms with E-state index in [1.54, 1.807) is 6.07 Å². The fourth-order valence-electron chi connectivity index (χ4n) is 4.92. The normalized spacial score (nSPS) is 15.3. The molecule has 1 aromatic heterocycles. The second-order valence-corrected chi connectivity index (χ2v) is 9.11. The van der Waals surface area contributed by atoms with Crippen LogP contribution in [0.2, 0.25) is 0 Å². The SMILES string of the molecule is Cl.O=C(CCCC1Cc2[nH]c3c(F)ccc(-c4cccc(C(F)(F)F)c4)c3c2CN1)c1ccc(F)cc1. The molecular formula is C28H24ClF5N2O. The molecule has 0 bridgehead atoms. The topological polar surface area (TPSA) is 44.9 Å². The van der Waals surface area contributed by atoms with E-state index >= 15 is 0 Å². The van der Waals surface area contributed by atoms with Crippen LogP contribution < -0.4 is 5.32 Å². The molecule has 2 N–H and O–H groups in total. The van der Waals surface area contributed by atoms with E-state index in [-0.39, 0.29) is 35.6 Å². The van der Waals surface area contributed by atoms with Crippen molar-refractivity contribution < 1.29 is 26.7 Å². The van der Waals surface area contributed by atoms with Gasteiger partial charge in [0.1, 0.15) is 11.6 Å². The molecule has 0 fully saturated rings. The summed E-state index contributed by atoms with van der Waals surface area (Å²) >= 11 is 0. The van der Waals surface area contributed by atoms with Gasteiger partial charge in [0.25, 0.3) is 0 Å². The first-order valence-corrected chi connectivity index (χ1v) is 11.7. The summed E-state index contributed by atoms with van der Waals surface area (Å²) < 4.78 is 67.6. The first kappa shape index (κ1) is 26.8. The van der Waals surface area contributed by atoms with E-state index in [0.29, 0.717) is 54.3 Å². The fourth-order valence-corrected chi connectivity index (χ4v) is 4.92. The fraction of sp³-hybridized carbons (Fsp3) is 0.250. The summed E-state index contributed by atoms with van der Waals surface area (Å²) in [5.41, 5.74) is 2.60. The van der Waals surface area contributed by atoms with Gasteiger partial charge in [-0.3, -0.25) is 4.79 Å². The zero-order valence-electron chi connectivity index (χ0n) is 19.6. The maximum absolute atomic E-state index is 14.7. The molecule has 5 rings (SSSR count). The Kier molecular flexibility index (Phi) is 7.71. The molecule has 9 heteroatoms. The second-order valence-electron chi connectivity index (χ2n) is 9.11. The molecule has 0 saturated carbocycles. The highest BCUT2D eigenvalue weighted by molar-refractivity contribution is 5.99. The Morgan fingerprint density at radius 3 is 2.49 bits per heavy atom. The molecule has 194 valence electrons. The molecule has 2 heterocycles. The third-order valence-corrected chi connectivity index (χ3v) is 6.74. The van der Waals surface area contributed by atoms with Crippen LogP contribution in [0.4, 0.5) is 22.0 Å². The number of halogens is 6. The van der Waals surface area contributed by atoms with E-state index in [1.807, 2.05) is 0 Å². The molecule has 1 unspecified atom stereocenters. The van der Waals surface area contributed by atoms with Gasteiger partial charge in [0.2, 0.25) is 0 Å². The van der Waals surface area contributed by atoms with Crippen LogP contribution in [0.5, 0.6) is 0 Å². The zero-order chi connectivity index (χ0) is 25.4. The van der Waals surface area contributed by atoms with Crippen LogP contribution in [0.25, 0.3) is 22.0 Å². The zero-order valence-corrected chi connectivity index (χ0v) is 20.4. The standard InChI is InChI=1S/C28H23F5N2O.ClH/c29-19-9-7-16(8-10-19)25(36)6-2-5-20-14-24-22(15-34-20)26-21(11-12-23(30)27(26)35-24)17-3-1-4-18(13-17)28(31,32)33;/h1,3-4,7-13,20,34-35H,2,5-6,14-15H2;1H. The molecule has 0 amide bonds. The minimum absolute atomic E-state index is 0. The van der Waals surface area contributed by atoms with Gasteiger partial charge in [0.15, 0.2) is 5.78 Å². The molecule has 37 heavy (non-hydrogen) atoms. The molecule has 1 atom stereocenters. The number of rotatable bonds is 6. The summed E-state index contributed by atoms with van der Waals surface area (Å²) in [7, 11) is 0. The third-order valence-electron chi connectivity index (χ3n) is 6.74. The molecule has 1 aliphatic heterocycles. The molecule has 0 saturated heterocycles. The van der Waals surface area contributed by atoms with Gasteiger partial charge >= 0.3 is 6.18 Å². The van der Waals surface area contributed by atoms with E-state index in [2.05, 4.69) is 10.3 Å². The number of fused-ring (bicyclic) bond motifs is 3. The number of alkyl halides is 3. The lowest BCUT2D eigenvalue weighted by atomic mass is 9.92. The number of hydrogen-bond acceptors (Lipinski definition) is 2. The largest absolute Gasteiger partial charge is 0.416 e. The van der Waals surface area contributed by atoms with E-state index < -0.39 is 17.6 Å². The predicted octanol–water partition coefficient (Wildman–Crippen LogP) is 7.62. The second kappa shape index (κ2) is 10.6. The Labute approximate surface area is 216 Å². The van der Waals surface area contributed by atoms with Crippen molar-refractivity contribution in [1.29, 1.82) is 0 Å². The van der Waals surface area contributed by atoms with Crippen molar-refractivity contribution in [3.8, 4) is 11.1 Å². The summed E-state index contributed by atoms with van der Waals surface area (Å²) in [6.45, 7) is 0.432.